The standard InChI is InChI=1S/C23H22N4O2/c1-29-27-20-13-14(25)9-10-16(20)22-15-5-2-3-7-18(15)26-19-8-4-6-17(23(19)22)21(28)11-12-24/h2-10,13,27H,11-12,24-25H2,1H3. The summed E-state index contributed by atoms with van der Waals surface area (Å²) in [5, 5.41) is 1.74. The number of benzene rings is 3. The fraction of sp³-hybridized carbons (Fsp3) is 0.130. The number of hydrogen-bond acceptors (Lipinski definition) is 6. The van der Waals surface area contributed by atoms with Gasteiger partial charge in [-0.15, -0.1) is 0 Å². The van der Waals surface area contributed by atoms with E-state index in [9.17, 15) is 4.79 Å². The first kappa shape index (κ1) is 18.9. The number of carbonyl (C=O) groups is 1. The van der Waals surface area contributed by atoms with Gasteiger partial charge in [-0.3, -0.25) is 15.1 Å². The summed E-state index contributed by atoms with van der Waals surface area (Å²) in [6.07, 6.45) is 0.274. The zero-order valence-corrected chi connectivity index (χ0v) is 16.1. The maximum Gasteiger partial charge on any atom is 0.164 e. The van der Waals surface area contributed by atoms with E-state index in [1.165, 1.54) is 0 Å². The maximum absolute atomic E-state index is 12.9. The minimum absolute atomic E-state index is 0.00636. The molecule has 1 aromatic heterocycles. The zero-order valence-electron chi connectivity index (χ0n) is 16.1. The number of nitrogen functional groups attached to an aromatic ring is 1. The van der Waals surface area contributed by atoms with Crippen molar-refractivity contribution in [2.45, 2.75) is 6.42 Å². The monoisotopic (exact) mass is 386 g/mol. The second-order valence-electron chi connectivity index (χ2n) is 6.78. The molecule has 0 bridgehead atoms. The SMILES string of the molecule is CONc1cc(N)ccc1-c1c2ccccc2nc2cccc(C(=O)CCN)c12. The molecule has 6 heteroatoms. The summed E-state index contributed by atoms with van der Waals surface area (Å²) >= 11 is 0. The molecule has 0 saturated carbocycles. The van der Waals surface area contributed by atoms with Crippen molar-refractivity contribution in [2.24, 2.45) is 5.73 Å². The lowest BCUT2D eigenvalue weighted by molar-refractivity contribution is 0.0987. The van der Waals surface area contributed by atoms with Gasteiger partial charge in [0.15, 0.2) is 5.78 Å². The molecule has 4 aromatic rings. The molecule has 0 aliphatic rings. The molecule has 0 atom stereocenters. The van der Waals surface area contributed by atoms with E-state index in [4.69, 9.17) is 21.3 Å². The van der Waals surface area contributed by atoms with Gasteiger partial charge >= 0.3 is 0 Å². The average Bonchev–Trinajstić information content (AvgIpc) is 2.72. The molecule has 0 amide bonds. The highest BCUT2D eigenvalue weighted by Crippen LogP contribution is 2.40. The van der Waals surface area contributed by atoms with Crippen molar-refractivity contribution in [1.29, 1.82) is 0 Å². The number of rotatable bonds is 6. The highest BCUT2D eigenvalue weighted by atomic mass is 16.6. The van der Waals surface area contributed by atoms with Gasteiger partial charge < -0.3 is 11.5 Å². The van der Waals surface area contributed by atoms with Crippen molar-refractivity contribution in [3.8, 4) is 11.1 Å². The van der Waals surface area contributed by atoms with E-state index in [2.05, 4.69) is 5.48 Å². The Bertz CT molecular complexity index is 1220. The molecular formula is C23H22N4O2. The number of fused-ring (bicyclic) bond motifs is 2. The molecule has 4 rings (SSSR count). The highest BCUT2D eigenvalue weighted by Gasteiger charge is 2.19. The second-order valence-corrected chi connectivity index (χ2v) is 6.78. The van der Waals surface area contributed by atoms with E-state index in [0.29, 0.717) is 23.5 Å². The van der Waals surface area contributed by atoms with E-state index >= 15 is 0 Å². The highest BCUT2D eigenvalue weighted by molar-refractivity contribution is 6.19. The molecule has 1 heterocycles. The Morgan fingerprint density at radius 1 is 1.07 bits per heavy atom. The van der Waals surface area contributed by atoms with Crippen LogP contribution < -0.4 is 16.9 Å². The largest absolute Gasteiger partial charge is 0.399 e. The molecule has 0 radical (unpaired) electrons. The molecule has 0 fully saturated rings. The van der Waals surface area contributed by atoms with Crippen LogP contribution in [0, 0.1) is 0 Å². The van der Waals surface area contributed by atoms with Crippen LogP contribution in [-0.4, -0.2) is 24.4 Å². The summed E-state index contributed by atoms with van der Waals surface area (Å²) in [6, 6.07) is 19.1. The summed E-state index contributed by atoms with van der Waals surface area (Å²) in [4.78, 5) is 22.9. The van der Waals surface area contributed by atoms with Gasteiger partial charge in [-0.25, -0.2) is 4.98 Å². The van der Waals surface area contributed by atoms with Crippen LogP contribution in [0.15, 0.2) is 60.7 Å². The van der Waals surface area contributed by atoms with Crippen molar-refractivity contribution in [3.05, 3.63) is 66.2 Å². The van der Waals surface area contributed by atoms with Gasteiger partial charge in [0.05, 0.1) is 23.8 Å². The number of hydrogen-bond donors (Lipinski definition) is 3. The molecule has 0 saturated heterocycles. The molecule has 0 aliphatic heterocycles. The van der Waals surface area contributed by atoms with E-state index in [-0.39, 0.29) is 12.2 Å². The van der Waals surface area contributed by atoms with Crippen molar-refractivity contribution < 1.29 is 9.63 Å². The van der Waals surface area contributed by atoms with Gasteiger partial charge in [0, 0.05) is 39.6 Å². The Labute approximate surface area is 168 Å². The third-order valence-electron chi connectivity index (χ3n) is 4.90. The zero-order chi connectivity index (χ0) is 20.4. The van der Waals surface area contributed by atoms with Gasteiger partial charge in [-0.05, 0) is 30.8 Å². The average molecular weight is 386 g/mol. The smallest absolute Gasteiger partial charge is 0.164 e. The normalized spacial score (nSPS) is 11.1. The molecule has 0 unspecified atom stereocenters. The number of anilines is 2. The number of nitrogens with one attached hydrogen (secondary N) is 1. The molecule has 29 heavy (non-hydrogen) atoms. The predicted molar refractivity (Wildman–Crippen MR) is 118 cm³/mol. The number of nitrogens with two attached hydrogens (primary N) is 2. The van der Waals surface area contributed by atoms with Crippen LogP contribution in [0.4, 0.5) is 11.4 Å². The predicted octanol–water partition coefficient (Wildman–Crippen LogP) is 4.14. The van der Waals surface area contributed by atoms with Crippen LogP contribution in [0.1, 0.15) is 16.8 Å². The first-order chi connectivity index (χ1) is 14.1. The van der Waals surface area contributed by atoms with Gasteiger partial charge in [-0.2, -0.15) is 0 Å². The summed E-state index contributed by atoms with van der Waals surface area (Å²) < 4.78 is 0. The minimum atomic E-state index is -0.00636. The molecule has 5 N–H and O–H groups in total. The summed E-state index contributed by atoms with van der Waals surface area (Å²) in [5.74, 6) is -0.00636. The lowest BCUT2D eigenvalue weighted by atomic mass is 9.90. The van der Waals surface area contributed by atoms with Crippen LogP contribution >= 0.6 is 0 Å². The van der Waals surface area contributed by atoms with Crippen LogP contribution in [0.25, 0.3) is 32.9 Å². The van der Waals surface area contributed by atoms with Crippen LogP contribution in [0.5, 0.6) is 0 Å². The number of Topliss-reactive ketones (excluding diaryl/α,β-unsaturated/α-hetero) is 1. The Kier molecular flexibility index (Phi) is 5.12. The van der Waals surface area contributed by atoms with E-state index in [1.54, 1.807) is 7.11 Å². The molecule has 0 spiro atoms. The fourth-order valence-corrected chi connectivity index (χ4v) is 3.70. The Balaban J connectivity index is 2.17. The third kappa shape index (κ3) is 3.40. The van der Waals surface area contributed by atoms with Crippen molar-refractivity contribution in [2.75, 3.05) is 24.9 Å². The van der Waals surface area contributed by atoms with E-state index < -0.39 is 0 Å². The Hall–Kier alpha value is -3.48. The molecule has 3 aromatic carbocycles. The van der Waals surface area contributed by atoms with Crippen LogP contribution in [-0.2, 0) is 4.84 Å². The first-order valence-electron chi connectivity index (χ1n) is 9.37. The number of para-hydroxylation sites is 1. The Morgan fingerprint density at radius 2 is 1.86 bits per heavy atom. The molecule has 6 nitrogen and oxygen atoms in total. The van der Waals surface area contributed by atoms with Crippen molar-refractivity contribution >= 4 is 39.0 Å². The van der Waals surface area contributed by atoms with Crippen LogP contribution in [0.2, 0.25) is 0 Å². The fourth-order valence-electron chi connectivity index (χ4n) is 3.70. The van der Waals surface area contributed by atoms with E-state index in [0.717, 1.165) is 32.9 Å². The van der Waals surface area contributed by atoms with E-state index in [1.807, 2.05) is 60.7 Å². The number of carbonyl (C=O) groups excluding carboxylic acids is 1. The first-order valence-corrected chi connectivity index (χ1v) is 9.37. The lowest BCUT2D eigenvalue weighted by Gasteiger charge is -2.17. The second kappa shape index (κ2) is 7.87. The third-order valence-corrected chi connectivity index (χ3v) is 4.90. The topological polar surface area (TPSA) is 103 Å². The van der Waals surface area contributed by atoms with Gasteiger partial charge in [0.2, 0.25) is 0 Å². The minimum Gasteiger partial charge on any atom is -0.399 e. The lowest BCUT2D eigenvalue weighted by Crippen LogP contribution is -2.09. The molecule has 0 aliphatic carbocycles. The van der Waals surface area contributed by atoms with Crippen LogP contribution in [0.3, 0.4) is 0 Å². The van der Waals surface area contributed by atoms with Crippen molar-refractivity contribution in [1.82, 2.24) is 4.98 Å². The van der Waals surface area contributed by atoms with Gasteiger partial charge in [0.1, 0.15) is 0 Å². The number of nitrogens with zero attached hydrogens (tertiary/aromatic N) is 1. The number of aromatic nitrogens is 1. The van der Waals surface area contributed by atoms with Crippen molar-refractivity contribution in [3.63, 3.8) is 0 Å². The maximum atomic E-state index is 12.9. The number of ketones is 1. The summed E-state index contributed by atoms with van der Waals surface area (Å²) in [6.45, 7) is 0.296. The summed E-state index contributed by atoms with van der Waals surface area (Å²) in [7, 11) is 1.55. The quantitative estimate of drug-likeness (QED) is 0.199. The van der Waals surface area contributed by atoms with Gasteiger partial charge in [0.25, 0.3) is 0 Å². The molecule has 146 valence electrons. The van der Waals surface area contributed by atoms with Gasteiger partial charge in [-0.1, -0.05) is 36.4 Å². The summed E-state index contributed by atoms with van der Waals surface area (Å²) in [5.41, 5.74) is 19.9. The number of pyridine rings is 1. The Morgan fingerprint density at radius 3 is 2.66 bits per heavy atom. The molecular weight excluding hydrogens is 364 g/mol.